The van der Waals surface area contributed by atoms with E-state index in [1.165, 1.54) is 17.3 Å². The van der Waals surface area contributed by atoms with Crippen LogP contribution in [0.1, 0.15) is 43.5 Å². The van der Waals surface area contributed by atoms with Crippen LogP contribution in [0.15, 0.2) is 58.2 Å². The van der Waals surface area contributed by atoms with Crippen molar-refractivity contribution in [1.29, 1.82) is 0 Å². The minimum absolute atomic E-state index is 0.0282. The summed E-state index contributed by atoms with van der Waals surface area (Å²) in [4.78, 5) is 12.5. The molecule has 0 spiro atoms. The second kappa shape index (κ2) is 9.74. The zero-order valence-electron chi connectivity index (χ0n) is 17.3. The average molecular weight is 410 g/mol. The third-order valence-electron chi connectivity index (χ3n) is 4.73. The number of aryl methyl sites for hydroxylation is 2. The van der Waals surface area contributed by atoms with E-state index in [1.807, 2.05) is 31.2 Å². The fraction of sp³-hybridized carbons (Fsp3) is 0.348. The fourth-order valence-corrected chi connectivity index (χ4v) is 3.68. The SMILES string of the molecule is CCc1ccc([C@@H](NC(=O)CSc2nnc(-c3cccc(C)c3)o2)C(C)C)cc1. The molecule has 0 unspecified atom stereocenters. The molecule has 6 heteroatoms. The molecule has 3 rings (SSSR count). The number of benzene rings is 2. The predicted octanol–water partition coefficient (Wildman–Crippen LogP) is 5.21. The van der Waals surface area contributed by atoms with Crippen molar-refractivity contribution in [2.24, 2.45) is 5.92 Å². The van der Waals surface area contributed by atoms with Crippen molar-refractivity contribution in [3.8, 4) is 11.5 Å². The first-order valence-corrected chi connectivity index (χ1v) is 10.9. The fourth-order valence-electron chi connectivity index (χ4n) is 3.10. The Morgan fingerprint density at radius 2 is 1.90 bits per heavy atom. The molecule has 1 aromatic heterocycles. The molecule has 2 aromatic carbocycles. The van der Waals surface area contributed by atoms with Crippen molar-refractivity contribution in [1.82, 2.24) is 15.5 Å². The largest absolute Gasteiger partial charge is 0.411 e. The van der Waals surface area contributed by atoms with E-state index in [4.69, 9.17) is 4.42 Å². The number of amides is 1. The molecule has 3 aromatic rings. The van der Waals surface area contributed by atoms with E-state index in [2.05, 4.69) is 60.6 Å². The van der Waals surface area contributed by atoms with E-state index >= 15 is 0 Å². The van der Waals surface area contributed by atoms with Crippen molar-refractivity contribution in [3.05, 3.63) is 65.2 Å². The van der Waals surface area contributed by atoms with Crippen LogP contribution in [0.3, 0.4) is 0 Å². The third-order valence-corrected chi connectivity index (χ3v) is 5.55. The summed E-state index contributed by atoms with van der Waals surface area (Å²) in [5.41, 5.74) is 4.42. The highest BCUT2D eigenvalue weighted by Gasteiger charge is 2.19. The first-order chi connectivity index (χ1) is 14.0. The number of rotatable bonds is 8. The van der Waals surface area contributed by atoms with E-state index < -0.39 is 0 Å². The number of carbonyl (C=O) groups excluding carboxylic acids is 1. The maximum atomic E-state index is 12.5. The van der Waals surface area contributed by atoms with Crippen molar-refractivity contribution in [2.75, 3.05) is 5.75 Å². The molecule has 1 atom stereocenters. The maximum Gasteiger partial charge on any atom is 0.277 e. The number of hydrogen-bond donors (Lipinski definition) is 1. The molecule has 0 aliphatic heterocycles. The lowest BCUT2D eigenvalue weighted by molar-refractivity contribution is -0.119. The van der Waals surface area contributed by atoms with Gasteiger partial charge in [0.25, 0.3) is 5.22 Å². The van der Waals surface area contributed by atoms with Crippen molar-refractivity contribution >= 4 is 17.7 Å². The van der Waals surface area contributed by atoms with Crippen molar-refractivity contribution in [2.45, 2.75) is 45.4 Å². The van der Waals surface area contributed by atoms with E-state index in [1.54, 1.807) is 0 Å². The van der Waals surface area contributed by atoms with Gasteiger partial charge in [-0.15, -0.1) is 10.2 Å². The number of nitrogens with zero attached hydrogens (tertiary/aromatic N) is 2. The van der Waals surface area contributed by atoms with Gasteiger partial charge in [0.2, 0.25) is 11.8 Å². The summed E-state index contributed by atoms with van der Waals surface area (Å²) in [6.07, 6.45) is 1.00. The van der Waals surface area contributed by atoms with Crippen LogP contribution in [-0.2, 0) is 11.2 Å². The first kappa shape index (κ1) is 21.1. The van der Waals surface area contributed by atoms with Crippen LogP contribution >= 0.6 is 11.8 Å². The van der Waals surface area contributed by atoms with Crippen LogP contribution in [0, 0.1) is 12.8 Å². The van der Waals surface area contributed by atoms with Crippen LogP contribution in [0.25, 0.3) is 11.5 Å². The van der Waals surface area contributed by atoms with Crippen molar-refractivity contribution in [3.63, 3.8) is 0 Å². The summed E-state index contributed by atoms with van der Waals surface area (Å²) in [6.45, 7) is 8.37. The van der Waals surface area contributed by atoms with Gasteiger partial charge < -0.3 is 9.73 Å². The number of aromatic nitrogens is 2. The number of nitrogens with one attached hydrogen (secondary N) is 1. The van der Waals surface area contributed by atoms with Gasteiger partial charge in [-0.2, -0.15) is 0 Å². The summed E-state index contributed by atoms with van der Waals surface area (Å²) in [7, 11) is 0. The lowest BCUT2D eigenvalue weighted by Gasteiger charge is -2.23. The normalized spacial score (nSPS) is 12.2. The van der Waals surface area contributed by atoms with Gasteiger partial charge >= 0.3 is 0 Å². The summed E-state index contributed by atoms with van der Waals surface area (Å²) in [5.74, 6) is 0.926. The average Bonchev–Trinajstić information content (AvgIpc) is 3.19. The van der Waals surface area contributed by atoms with Crippen LogP contribution in [0.4, 0.5) is 0 Å². The third kappa shape index (κ3) is 5.70. The van der Waals surface area contributed by atoms with Gasteiger partial charge in [-0.25, -0.2) is 0 Å². The monoisotopic (exact) mass is 409 g/mol. The van der Waals surface area contributed by atoms with E-state index in [9.17, 15) is 4.79 Å². The molecule has 0 saturated carbocycles. The molecule has 0 radical (unpaired) electrons. The number of thioether (sulfide) groups is 1. The van der Waals surface area contributed by atoms with Gasteiger partial charge in [0.05, 0.1) is 11.8 Å². The molecule has 1 N–H and O–H groups in total. The maximum absolute atomic E-state index is 12.5. The molecular formula is C23H27N3O2S. The molecule has 5 nitrogen and oxygen atoms in total. The van der Waals surface area contributed by atoms with Crippen LogP contribution in [0.2, 0.25) is 0 Å². The van der Waals surface area contributed by atoms with E-state index in [0.29, 0.717) is 11.1 Å². The lowest BCUT2D eigenvalue weighted by atomic mass is 9.95. The molecular weight excluding hydrogens is 382 g/mol. The summed E-state index contributed by atoms with van der Waals surface area (Å²) < 4.78 is 5.70. The van der Waals surface area contributed by atoms with E-state index in [-0.39, 0.29) is 23.6 Å². The molecule has 1 heterocycles. The smallest absolute Gasteiger partial charge is 0.277 e. The predicted molar refractivity (Wildman–Crippen MR) is 117 cm³/mol. The Morgan fingerprint density at radius 1 is 1.14 bits per heavy atom. The first-order valence-electron chi connectivity index (χ1n) is 9.87. The Hall–Kier alpha value is -2.60. The molecule has 29 heavy (non-hydrogen) atoms. The lowest BCUT2D eigenvalue weighted by Crippen LogP contribution is -2.33. The van der Waals surface area contributed by atoms with Crippen LogP contribution in [0.5, 0.6) is 0 Å². The summed E-state index contributed by atoms with van der Waals surface area (Å²) in [5, 5.41) is 11.7. The van der Waals surface area contributed by atoms with Gasteiger partial charge in [-0.1, -0.05) is 74.5 Å². The minimum atomic E-state index is -0.0522. The second-order valence-corrected chi connectivity index (χ2v) is 8.34. The quantitative estimate of drug-likeness (QED) is 0.517. The van der Waals surface area contributed by atoms with Crippen LogP contribution in [-0.4, -0.2) is 21.9 Å². The Balaban J connectivity index is 1.59. The Labute approximate surface area is 176 Å². The highest BCUT2D eigenvalue weighted by atomic mass is 32.2. The topological polar surface area (TPSA) is 68.0 Å². The van der Waals surface area contributed by atoms with Crippen molar-refractivity contribution < 1.29 is 9.21 Å². The van der Waals surface area contributed by atoms with Crippen LogP contribution < -0.4 is 5.32 Å². The number of hydrogen-bond acceptors (Lipinski definition) is 5. The molecule has 0 aliphatic carbocycles. The highest BCUT2D eigenvalue weighted by Crippen LogP contribution is 2.25. The second-order valence-electron chi connectivity index (χ2n) is 7.42. The molecule has 0 saturated heterocycles. The van der Waals surface area contributed by atoms with Gasteiger partial charge in [-0.05, 0) is 42.5 Å². The number of carbonyl (C=O) groups is 1. The standard InChI is InChI=1S/C23H27N3O2S/c1-5-17-9-11-18(12-10-17)21(15(2)3)24-20(27)14-29-23-26-25-22(28-23)19-8-6-7-16(4)13-19/h6-13,15,21H,5,14H2,1-4H3,(H,24,27)/t21-/m0/s1. The molecule has 0 aliphatic rings. The molecule has 0 fully saturated rings. The van der Waals surface area contributed by atoms with E-state index in [0.717, 1.165) is 23.1 Å². The minimum Gasteiger partial charge on any atom is -0.411 e. The Bertz CT molecular complexity index is 951. The van der Waals surface area contributed by atoms with Gasteiger partial charge in [-0.3, -0.25) is 4.79 Å². The zero-order valence-corrected chi connectivity index (χ0v) is 18.1. The summed E-state index contributed by atoms with van der Waals surface area (Å²) in [6, 6.07) is 16.3. The molecule has 152 valence electrons. The summed E-state index contributed by atoms with van der Waals surface area (Å²) >= 11 is 1.25. The highest BCUT2D eigenvalue weighted by molar-refractivity contribution is 7.99. The Morgan fingerprint density at radius 3 is 2.55 bits per heavy atom. The van der Waals surface area contributed by atoms with Gasteiger partial charge in [0.15, 0.2) is 0 Å². The zero-order chi connectivity index (χ0) is 20.8. The Kier molecular flexibility index (Phi) is 7.09. The molecule has 0 bridgehead atoms. The van der Waals surface area contributed by atoms with Gasteiger partial charge in [0.1, 0.15) is 0 Å². The molecule has 1 amide bonds. The van der Waals surface area contributed by atoms with Gasteiger partial charge in [0, 0.05) is 5.56 Å².